The molecule has 2 N–H and O–H groups in total. The van der Waals surface area contributed by atoms with Crippen LogP contribution in [0.4, 0.5) is 10.1 Å². The Balaban J connectivity index is 0.000000847. The minimum atomic E-state index is -0.755. The first-order valence-corrected chi connectivity index (χ1v) is 7.44. The Hall–Kier alpha value is -1.95. The number of amides is 2. The van der Waals surface area contributed by atoms with Crippen molar-refractivity contribution in [1.82, 2.24) is 4.90 Å². The molecule has 2 unspecified atom stereocenters. The Kier molecular flexibility index (Phi) is 5.49. The number of carbonyl (C=O) groups is 2. The van der Waals surface area contributed by atoms with Crippen LogP contribution in [0.1, 0.15) is 19.3 Å². The average Bonchev–Trinajstić information content (AvgIpc) is 3.12. The highest BCUT2D eigenvalue weighted by Gasteiger charge is 2.39. The molecule has 2 fully saturated rings. The van der Waals surface area contributed by atoms with Crippen LogP contribution >= 0.6 is 0 Å². The molecule has 2 aliphatic rings. The molecule has 3 rings (SSSR count). The van der Waals surface area contributed by atoms with Crippen molar-refractivity contribution >= 4 is 17.5 Å². The van der Waals surface area contributed by atoms with E-state index >= 15 is 0 Å². The molecule has 0 aromatic heterocycles. The predicted octanol–water partition coefficient (Wildman–Crippen LogP) is 1.63. The van der Waals surface area contributed by atoms with Gasteiger partial charge in [0.1, 0.15) is 5.82 Å². The molecular weight excluding hydrogens is 287 g/mol. The third-order valence-corrected chi connectivity index (χ3v) is 4.33. The Morgan fingerprint density at radius 3 is 2.36 bits per heavy atom. The van der Waals surface area contributed by atoms with E-state index in [9.17, 15) is 14.0 Å². The lowest BCUT2D eigenvalue weighted by atomic mass is 10.0. The van der Waals surface area contributed by atoms with Crippen LogP contribution in [0.25, 0.3) is 0 Å². The van der Waals surface area contributed by atoms with E-state index in [-0.39, 0.29) is 5.69 Å². The number of aliphatic hydroxyl groups excluding tert-OH is 1. The van der Waals surface area contributed by atoms with E-state index in [0.29, 0.717) is 24.9 Å². The summed E-state index contributed by atoms with van der Waals surface area (Å²) < 4.78 is 13.4. The second kappa shape index (κ2) is 7.35. The van der Waals surface area contributed by atoms with Crippen molar-refractivity contribution in [3.8, 4) is 0 Å². The minimum Gasteiger partial charge on any atom is -0.400 e. The maximum Gasteiger partial charge on any atom is 0.313 e. The highest BCUT2D eigenvalue weighted by atomic mass is 19.1. The van der Waals surface area contributed by atoms with Gasteiger partial charge in [-0.05, 0) is 36.8 Å². The van der Waals surface area contributed by atoms with Crippen LogP contribution in [-0.2, 0) is 9.59 Å². The lowest BCUT2D eigenvalue weighted by Gasteiger charge is -2.16. The van der Waals surface area contributed by atoms with Crippen molar-refractivity contribution in [3.05, 3.63) is 30.1 Å². The lowest BCUT2D eigenvalue weighted by Crippen LogP contribution is -2.38. The van der Waals surface area contributed by atoms with Crippen molar-refractivity contribution < 1.29 is 19.1 Å². The normalized spacial score (nSPS) is 22.6. The smallest absolute Gasteiger partial charge is 0.313 e. The molecule has 2 amide bonds. The van der Waals surface area contributed by atoms with Crippen LogP contribution in [-0.4, -0.2) is 42.0 Å². The highest BCUT2D eigenvalue weighted by Crippen LogP contribution is 2.37. The van der Waals surface area contributed by atoms with Gasteiger partial charge < -0.3 is 15.3 Å². The third-order valence-electron chi connectivity index (χ3n) is 4.33. The van der Waals surface area contributed by atoms with Gasteiger partial charge in [0.15, 0.2) is 0 Å². The van der Waals surface area contributed by atoms with Crippen LogP contribution in [0.5, 0.6) is 0 Å². The topological polar surface area (TPSA) is 69.6 Å². The molecule has 1 saturated carbocycles. The molecular formula is C16H21FN2O3. The van der Waals surface area contributed by atoms with E-state index in [1.165, 1.54) is 24.6 Å². The van der Waals surface area contributed by atoms with Crippen molar-refractivity contribution in [1.29, 1.82) is 0 Å². The lowest BCUT2D eigenvalue weighted by molar-refractivity contribution is -0.142. The molecule has 1 aliphatic carbocycles. The molecule has 22 heavy (non-hydrogen) atoms. The number of likely N-dealkylation sites (tertiary alicyclic amines) is 1. The fourth-order valence-electron chi connectivity index (χ4n) is 3.28. The van der Waals surface area contributed by atoms with Gasteiger partial charge in [-0.1, -0.05) is 18.6 Å². The fraction of sp³-hybridized carbons (Fsp3) is 0.500. The van der Waals surface area contributed by atoms with Gasteiger partial charge in [0.2, 0.25) is 0 Å². The van der Waals surface area contributed by atoms with Crippen LogP contribution in [0.2, 0.25) is 0 Å². The number of benzene rings is 1. The summed E-state index contributed by atoms with van der Waals surface area (Å²) in [5.41, 5.74) is 0.0465. The summed E-state index contributed by atoms with van der Waals surface area (Å²) in [4.78, 5) is 25.6. The largest absolute Gasteiger partial charge is 0.400 e. The van der Waals surface area contributed by atoms with Crippen LogP contribution in [0, 0.1) is 17.7 Å². The fourth-order valence-corrected chi connectivity index (χ4v) is 3.28. The first-order valence-electron chi connectivity index (χ1n) is 7.44. The third kappa shape index (κ3) is 3.44. The Morgan fingerprint density at radius 1 is 1.18 bits per heavy atom. The average molecular weight is 308 g/mol. The van der Waals surface area contributed by atoms with E-state index in [2.05, 4.69) is 5.32 Å². The SMILES string of the molecule is CO.O=C(Nc1ccccc1F)C(=O)N1CC2CCCC2C1. The van der Waals surface area contributed by atoms with Gasteiger partial charge in [0.05, 0.1) is 5.69 Å². The molecule has 1 aliphatic heterocycles. The molecule has 5 nitrogen and oxygen atoms in total. The number of hydrogen-bond donors (Lipinski definition) is 2. The summed E-state index contributed by atoms with van der Waals surface area (Å²) in [5.74, 6) is -0.759. The molecule has 1 saturated heterocycles. The summed E-state index contributed by atoms with van der Waals surface area (Å²) in [6.45, 7) is 1.32. The number of fused-ring (bicyclic) bond motifs is 1. The van der Waals surface area contributed by atoms with Crippen LogP contribution in [0.3, 0.4) is 0 Å². The van der Waals surface area contributed by atoms with Gasteiger partial charge in [0, 0.05) is 20.2 Å². The number of rotatable bonds is 1. The van der Waals surface area contributed by atoms with Crippen molar-refractivity contribution in [2.45, 2.75) is 19.3 Å². The maximum absolute atomic E-state index is 13.4. The standard InChI is InChI=1S/C15H17FN2O2.CH4O/c16-12-6-1-2-7-13(12)17-14(19)15(20)18-8-10-4-3-5-11(10)9-18;1-2/h1-2,6-7,10-11H,3-5,8-9H2,(H,17,19);2H,1H3. The minimum absolute atomic E-state index is 0.0465. The number of hydrogen-bond acceptors (Lipinski definition) is 3. The molecule has 6 heteroatoms. The van der Waals surface area contributed by atoms with E-state index in [1.807, 2.05) is 0 Å². The van der Waals surface area contributed by atoms with E-state index < -0.39 is 17.6 Å². The van der Waals surface area contributed by atoms with Gasteiger partial charge in [0.25, 0.3) is 0 Å². The summed E-state index contributed by atoms with van der Waals surface area (Å²) in [6.07, 6.45) is 3.51. The van der Waals surface area contributed by atoms with E-state index in [1.54, 1.807) is 11.0 Å². The zero-order valence-electron chi connectivity index (χ0n) is 12.6. The summed E-state index contributed by atoms with van der Waals surface area (Å²) in [7, 11) is 1.00. The van der Waals surface area contributed by atoms with Gasteiger partial charge in [-0.15, -0.1) is 0 Å². The quantitative estimate of drug-likeness (QED) is 0.775. The summed E-state index contributed by atoms with van der Waals surface area (Å²) in [6, 6.07) is 5.84. The highest BCUT2D eigenvalue weighted by molar-refractivity contribution is 6.39. The first kappa shape index (κ1) is 16.4. The van der Waals surface area contributed by atoms with Gasteiger partial charge >= 0.3 is 11.8 Å². The van der Waals surface area contributed by atoms with Crippen molar-refractivity contribution in [2.24, 2.45) is 11.8 Å². The molecule has 0 bridgehead atoms. The molecule has 2 atom stereocenters. The number of para-hydroxylation sites is 1. The van der Waals surface area contributed by atoms with Crippen LogP contribution < -0.4 is 5.32 Å². The van der Waals surface area contributed by atoms with Gasteiger partial charge in [-0.3, -0.25) is 9.59 Å². The van der Waals surface area contributed by atoms with E-state index in [4.69, 9.17) is 5.11 Å². The maximum atomic E-state index is 13.4. The van der Waals surface area contributed by atoms with E-state index in [0.717, 1.165) is 20.0 Å². The summed E-state index contributed by atoms with van der Waals surface area (Å²) >= 11 is 0. The molecule has 0 spiro atoms. The molecule has 1 aromatic rings. The van der Waals surface area contributed by atoms with Gasteiger partial charge in [-0.2, -0.15) is 0 Å². The molecule has 1 heterocycles. The van der Waals surface area contributed by atoms with Gasteiger partial charge in [-0.25, -0.2) is 4.39 Å². The van der Waals surface area contributed by atoms with Crippen LogP contribution in [0.15, 0.2) is 24.3 Å². The molecule has 120 valence electrons. The Bertz CT molecular complexity index is 538. The molecule has 1 aromatic carbocycles. The predicted molar refractivity (Wildman–Crippen MR) is 80.6 cm³/mol. The zero-order chi connectivity index (χ0) is 16.1. The second-order valence-electron chi connectivity index (χ2n) is 5.60. The summed E-state index contributed by atoms with van der Waals surface area (Å²) in [5, 5.41) is 9.35. The van der Waals surface area contributed by atoms with Crippen molar-refractivity contribution in [2.75, 3.05) is 25.5 Å². The molecule has 0 radical (unpaired) electrons. The Morgan fingerprint density at radius 2 is 1.77 bits per heavy atom. The number of nitrogens with zero attached hydrogens (tertiary/aromatic N) is 1. The number of halogens is 1. The monoisotopic (exact) mass is 308 g/mol. The number of aliphatic hydroxyl groups is 1. The number of carbonyl (C=O) groups excluding carboxylic acids is 2. The first-order chi connectivity index (χ1) is 10.6. The Labute approximate surface area is 129 Å². The van der Waals surface area contributed by atoms with Crippen molar-refractivity contribution in [3.63, 3.8) is 0 Å². The zero-order valence-corrected chi connectivity index (χ0v) is 12.6. The second-order valence-corrected chi connectivity index (χ2v) is 5.60. The number of anilines is 1. The number of nitrogens with one attached hydrogen (secondary N) is 1.